The van der Waals surface area contributed by atoms with Gasteiger partial charge in [-0.05, 0) is 38.0 Å². The number of hydrogen-bond acceptors (Lipinski definition) is 2. The molecule has 0 spiro atoms. The van der Waals surface area contributed by atoms with Crippen molar-refractivity contribution in [2.45, 2.75) is 26.9 Å². The first-order valence-corrected chi connectivity index (χ1v) is 5.40. The van der Waals surface area contributed by atoms with Crippen LogP contribution in [0.4, 0.5) is 0 Å². The Bertz CT molecular complexity index is 361. The Morgan fingerprint density at radius 2 is 2.13 bits per heavy atom. The molecule has 2 nitrogen and oxygen atoms in total. The second-order valence-corrected chi connectivity index (χ2v) is 3.90. The summed E-state index contributed by atoms with van der Waals surface area (Å²) < 4.78 is 5.54. The molecule has 0 saturated carbocycles. The number of ether oxygens (including phenoxy) is 1. The van der Waals surface area contributed by atoms with Crippen molar-refractivity contribution in [3.05, 3.63) is 29.3 Å². The SMILES string of the molecule is Cc1ccc(C)c(OC(C)C(=O)CCl)c1. The van der Waals surface area contributed by atoms with Crippen molar-refractivity contribution in [1.82, 2.24) is 0 Å². The van der Waals surface area contributed by atoms with Crippen molar-refractivity contribution in [2.75, 3.05) is 5.88 Å². The smallest absolute Gasteiger partial charge is 0.187 e. The Morgan fingerprint density at radius 3 is 2.73 bits per heavy atom. The third kappa shape index (κ3) is 3.24. The number of carbonyl (C=O) groups is 1. The maximum absolute atomic E-state index is 11.3. The van der Waals surface area contributed by atoms with E-state index >= 15 is 0 Å². The molecule has 0 heterocycles. The fraction of sp³-hybridized carbons (Fsp3) is 0.417. The molecule has 15 heavy (non-hydrogen) atoms. The summed E-state index contributed by atoms with van der Waals surface area (Å²) in [6.07, 6.45) is -0.483. The van der Waals surface area contributed by atoms with Gasteiger partial charge in [-0.15, -0.1) is 11.6 Å². The summed E-state index contributed by atoms with van der Waals surface area (Å²) in [4.78, 5) is 11.3. The molecule has 1 rings (SSSR count). The lowest BCUT2D eigenvalue weighted by Crippen LogP contribution is -2.25. The van der Waals surface area contributed by atoms with Gasteiger partial charge in [0.2, 0.25) is 0 Å². The molecule has 1 aromatic rings. The van der Waals surface area contributed by atoms with E-state index in [1.165, 1.54) is 0 Å². The lowest BCUT2D eigenvalue weighted by Gasteiger charge is -2.14. The molecular weight excluding hydrogens is 212 g/mol. The third-order valence-electron chi connectivity index (χ3n) is 2.23. The zero-order chi connectivity index (χ0) is 11.4. The van der Waals surface area contributed by atoms with Gasteiger partial charge in [0.05, 0.1) is 5.88 Å². The van der Waals surface area contributed by atoms with Gasteiger partial charge in [-0.3, -0.25) is 4.79 Å². The maximum Gasteiger partial charge on any atom is 0.187 e. The highest BCUT2D eigenvalue weighted by Gasteiger charge is 2.14. The summed E-state index contributed by atoms with van der Waals surface area (Å²) in [7, 11) is 0. The Labute approximate surface area is 95.2 Å². The van der Waals surface area contributed by atoms with Crippen LogP contribution in [0.25, 0.3) is 0 Å². The number of aryl methyl sites for hydroxylation is 2. The van der Waals surface area contributed by atoms with Crippen molar-refractivity contribution in [3.63, 3.8) is 0 Å². The van der Waals surface area contributed by atoms with Gasteiger partial charge in [0.1, 0.15) is 5.75 Å². The number of Topliss-reactive ketones (excluding diaryl/α,β-unsaturated/α-hetero) is 1. The summed E-state index contributed by atoms with van der Waals surface area (Å²) >= 11 is 5.45. The highest BCUT2D eigenvalue weighted by molar-refractivity contribution is 6.28. The second kappa shape index (κ2) is 5.17. The molecule has 0 bridgehead atoms. The van der Waals surface area contributed by atoms with E-state index in [-0.39, 0.29) is 11.7 Å². The van der Waals surface area contributed by atoms with Gasteiger partial charge in [0, 0.05) is 0 Å². The van der Waals surface area contributed by atoms with Gasteiger partial charge in [-0.1, -0.05) is 12.1 Å². The molecule has 0 N–H and O–H groups in total. The molecule has 0 amide bonds. The first kappa shape index (κ1) is 12.1. The fourth-order valence-corrected chi connectivity index (χ4v) is 1.42. The first-order valence-electron chi connectivity index (χ1n) is 4.87. The molecule has 0 aliphatic carbocycles. The number of ketones is 1. The molecule has 0 aromatic heterocycles. The largest absolute Gasteiger partial charge is 0.483 e. The number of carbonyl (C=O) groups excluding carboxylic acids is 1. The fourth-order valence-electron chi connectivity index (χ4n) is 1.20. The molecular formula is C12H15ClO2. The molecule has 3 heteroatoms. The van der Waals surface area contributed by atoms with Crippen LogP contribution in [0.2, 0.25) is 0 Å². The van der Waals surface area contributed by atoms with Gasteiger partial charge < -0.3 is 4.74 Å². The van der Waals surface area contributed by atoms with Crippen LogP contribution < -0.4 is 4.74 Å². The van der Waals surface area contributed by atoms with Crippen LogP contribution in [0.1, 0.15) is 18.1 Å². The lowest BCUT2D eigenvalue weighted by atomic mass is 10.1. The Kier molecular flexibility index (Phi) is 4.15. The highest BCUT2D eigenvalue weighted by Crippen LogP contribution is 2.20. The van der Waals surface area contributed by atoms with Crippen LogP contribution in [-0.2, 0) is 4.79 Å². The quantitative estimate of drug-likeness (QED) is 0.738. The predicted octanol–water partition coefficient (Wildman–Crippen LogP) is 2.88. The maximum atomic E-state index is 11.3. The van der Waals surface area contributed by atoms with Crippen LogP contribution in [-0.4, -0.2) is 17.8 Å². The standard InChI is InChI=1S/C12H15ClO2/c1-8-4-5-9(2)12(6-8)15-10(3)11(14)7-13/h4-6,10H,7H2,1-3H3. The molecule has 0 saturated heterocycles. The Morgan fingerprint density at radius 1 is 1.47 bits per heavy atom. The average Bonchev–Trinajstić information content (AvgIpc) is 2.22. The van der Waals surface area contributed by atoms with E-state index in [0.717, 1.165) is 16.9 Å². The average molecular weight is 227 g/mol. The molecule has 1 atom stereocenters. The van der Waals surface area contributed by atoms with E-state index in [1.807, 2.05) is 32.0 Å². The van der Waals surface area contributed by atoms with Gasteiger partial charge >= 0.3 is 0 Å². The minimum absolute atomic E-state index is 0.00791. The van der Waals surface area contributed by atoms with Crippen LogP contribution >= 0.6 is 11.6 Å². The van der Waals surface area contributed by atoms with Crippen molar-refractivity contribution in [3.8, 4) is 5.75 Å². The second-order valence-electron chi connectivity index (χ2n) is 3.63. The van der Waals surface area contributed by atoms with Gasteiger partial charge in [-0.25, -0.2) is 0 Å². The van der Waals surface area contributed by atoms with Gasteiger partial charge in [0.25, 0.3) is 0 Å². The first-order chi connectivity index (χ1) is 7.04. The van der Waals surface area contributed by atoms with Crippen molar-refractivity contribution in [2.24, 2.45) is 0 Å². The molecule has 82 valence electrons. The third-order valence-corrected chi connectivity index (χ3v) is 2.50. The Balaban J connectivity index is 2.80. The summed E-state index contributed by atoms with van der Waals surface area (Å²) in [5.74, 6) is 0.644. The minimum Gasteiger partial charge on any atom is -0.483 e. The zero-order valence-corrected chi connectivity index (χ0v) is 9.97. The summed E-state index contributed by atoms with van der Waals surface area (Å²) in [6.45, 7) is 5.65. The highest BCUT2D eigenvalue weighted by atomic mass is 35.5. The number of alkyl halides is 1. The van der Waals surface area contributed by atoms with Crippen molar-refractivity contribution in [1.29, 1.82) is 0 Å². The topological polar surface area (TPSA) is 26.3 Å². The van der Waals surface area contributed by atoms with Crippen LogP contribution in [0.15, 0.2) is 18.2 Å². The summed E-state index contributed by atoms with van der Waals surface area (Å²) in [6, 6.07) is 5.91. The molecule has 0 fully saturated rings. The normalized spacial score (nSPS) is 12.3. The van der Waals surface area contributed by atoms with Crippen LogP contribution in [0.5, 0.6) is 5.75 Å². The van der Waals surface area contributed by atoms with E-state index in [0.29, 0.717) is 0 Å². The van der Waals surface area contributed by atoms with E-state index in [1.54, 1.807) is 6.92 Å². The molecule has 0 aliphatic rings. The summed E-state index contributed by atoms with van der Waals surface area (Å²) in [5.41, 5.74) is 2.14. The lowest BCUT2D eigenvalue weighted by molar-refractivity contribution is -0.122. The van der Waals surface area contributed by atoms with E-state index in [2.05, 4.69) is 0 Å². The van der Waals surface area contributed by atoms with E-state index in [4.69, 9.17) is 16.3 Å². The number of benzene rings is 1. The van der Waals surface area contributed by atoms with Crippen molar-refractivity contribution < 1.29 is 9.53 Å². The van der Waals surface area contributed by atoms with Crippen molar-refractivity contribution >= 4 is 17.4 Å². The summed E-state index contributed by atoms with van der Waals surface area (Å²) in [5, 5.41) is 0. The van der Waals surface area contributed by atoms with E-state index in [9.17, 15) is 4.79 Å². The van der Waals surface area contributed by atoms with Crippen LogP contribution in [0, 0.1) is 13.8 Å². The minimum atomic E-state index is -0.483. The van der Waals surface area contributed by atoms with E-state index < -0.39 is 6.10 Å². The monoisotopic (exact) mass is 226 g/mol. The van der Waals surface area contributed by atoms with Crippen LogP contribution in [0.3, 0.4) is 0 Å². The number of rotatable bonds is 4. The molecule has 1 aromatic carbocycles. The zero-order valence-electron chi connectivity index (χ0n) is 9.21. The predicted molar refractivity (Wildman–Crippen MR) is 61.7 cm³/mol. The number of halogens is 1. The molecule has 0 aliphatic heterocycles. The van der Waals surface area contributed by atoms with Gasteiger partial charge in [-0.2, -0.15) is 0 Å². The van der Waals surface area contributed by atoms with Gasteiger partial charge in [0.15, 0.2) is 11.9 Å². The molecule has 1 unspecified atom stereocenters. The molecule has 0 radical (unpaired) electrons. The Hall–Kier alpha value is -1.02. The number of hydrogen-bond donors (Lipinski definition) is 0.